The first kappa shape index (κ1) is 76.4. The fourth-order valence-electron chi connectivity index (χ4n) is 11.5. The fraction of sp³-hybridized carbons (Fsp3) is 0.602. The van der Waals surface area contributed by atoms with Crippen LogP contribution >= 0.6 is 0 Å². The molecule has 0 aromatic heterocycles. The van der Waals surface area contributed by atoms with Crippen molar-refractivity contribution in [2.45, 2.75) is 278 Å². The van der Waals surface area contributed by atoms with Crippen LogP contribution in [0.2, 0.25) is 0 Å². The number of hydrogen-bond acceptors (Lipinski definition) is 9. The summed E-state index contributed by atoms with van der Waals surface area (Å²) in [6.45, 7) is 12.5. The molecule has 0 aliphatic heterocycles. The van der Waals surface area contributed by atoms with Crippen molar-refractivity contribution < 1.29 is 42.7 Å². The van der Waals surface area contributed by atoms with Gasteiger partial charge in [0, 0.05) is 12.0 Å². The van der Waals surface area contributed by atoms with Crippen LogP contribution in [0.25, 0.3) is 0 Å². The standard InChI is InChI=1S/C83H122O9/c1-6-10-13-16-19-22-25-28-31-34-61-85-76-52-45-72(46-53-76)40-37-64-88-80-67-75(51-60-82(84)91-69-70(5)92-79-58-43-71(9-4)44-59-79)68-81(89-65-38-41-73-47-54-77(55-48-73)86-62-35-32-29-26-23-20-17-14-11-7-2)83(80)90-66-39-42-74-49-56-78(57-50-74)87-63-36-33-30-27-24-21-18-15-12-8-3/h4,43-50,52-59,67-68,70H,6-8,10-42,51,60-66,69H2,1-3,5H3/t70-/m1/s1. The average Bonchev–Trinajstić information content (AvgIpc) is 0.943. The Morgan fingerprint density at radius 3 is 1.02 bits per heavy atom. The Kier molecular flexibility index (Phi) is 42.5. The lowest BCUT2D eigenvalue weighted by molar-refractivity contribution is -0.145. The molecule has 5 aromatic rings. The first-order valence-electron chi connectivity index (χ1n) is 36.9. The van der Waals surface area contributed by atoms with Gasteiger partial charge in [0.05, 0.1) is 39.6 Å². The summed E-state index contributed by atoms with van der Waals surface area (Å²) in [5, 5.41) is 0. The summed E-state index contributed by atoms with van der Waals surface area (Å²) in [5.74, 6) is 7.54. The second kappa shape index (κ2) is 51.2. The summed E-state index contributed by atoms with van der Waals surface area (Å²) in [7, 11) is 0. The lowest BCUT2D eigenvalue weighted by Gasteiger charge is -2.19. The predicted molar refractivity (Wildman–Crippen MR) is 383 cm³/mol. The molecule has 0 amide bonds. The second-order valence-corrected chi connectivity index (χ2v) is 25.6. The molecule has 1 atom stereocenters. The Hall–Kier alpha value is -6.27. The van der Waals surface area contributed by atoms with Gasteiger partial charge in [-0.1, -0.05) is 236 Å². The third kappa shape index (κ3) is 36.3. The van der Waals surface area contributed by atoms with Crippen molar-refractivity contribution >= 4 is 5.97 Å². The van der Waals surface area contributed by atoms with Gasteiger partial charge in [-0.2, -0.15) is 0 Å². The largest absolute Gasteiger partial charge is 0.494 e. The Labute approximate surface area is 559 Å². The zero-order chi connectivity index (χ0) is 65.0. The molecule has 0 saturated carbocycles. The van der Waals surface area contributed by atoms with Crippen LogP contribution < -0.4 is 33.2 Å². The van der Waals surface area contributed by atoms with Crippen LogP contribution in [0.4, 0.5) is 0 Å². The monoisotopic (exact) mass is 1260 g/mol. The molecule has 0 spiro atoms. The maximum Gasteiger partial charge on any atom is 0.306 e. The number of rotatable bonds is 58. The van der Waals surface area contributed by atoms with E-state index in [0.717, 1.165) is 106 Å². The molecule has 5 aromatic carbocycles. The number of ether oxygens (including phenoxy) is 8. The van der Waals surface area contributed by atoms with Crippen LogP contribution in [0.3, 0.4) is 0 Å². The molecule has 0 aliphatic carbocycles. The minimum absolute atomic E-state index is 0.118. The van der Waals surface area contributed by atoms with Crippen molar-refractivity contribution in [3.05, 3.63) is 137 Å². The summed E-state index contributed by atoms with van der Waals surface area (Å²) in [4.78, 5) is 13.3. The van der Waals surface area contributed by atoms with Gasteiger partial charge < -0.3 is 37.9 Å². The summed E-state index contributed by atoms with van der Waals surface area (Å²) in [5.41, 5.74) is 5.37. The van der Waals surface area contributed by atoms with Crippen LogP contribution in [-0.2, 0) is 35.2 Å². The van der Waals surface area contributed by atoms with E-state index in [-0.39, 0.29) is 25.1 Å². The molecule has 0 saturated heterocycles. The van der Waals surface area contributed by atoms with Gasteiger partial charge in [-0.15, -0.1) is 6.42 Å². The van der Waals surface area contributed by atoms with Gasteiger partial charge in [-0.25, -0.2) is 0 Å². The topological polar surface area (TPSA) is 90.9 Å². The smallest absolute Gasteiger partial charge is 0.306 e. The average molecular weight is 1260 g/mol. The van der Waals surface area contributed by atoms with Gasteiger partial charge in [0.1, 0.15) is 35.7 Å². The summed E-state index contributed by atoms with van der Waals surface area (Å²) in [6.07, 6.45) is 50.0. The SMILES string of the molecule is C#Cc1ccc(O[C@H](C)COC(=O)CCc2cc(OCCCc3ccc(OCCCCCCCCCCCC)cc3)c(OCCCc3ccc(OCCCCCCCCCCCC)cc3)c(OCCCc3ccc(OCCCCCCCCCCCC)cc3)c2)cc1. The van der Waals surface area contributed by atoms with E-state index >= 15 is 0 Å². The molecule has 9 nitrogen and oxygen atoms in total. The lowest BCUT2D eigenvalue weighted by atomic mass is 10.1. The van der Waals surface area contributed by atoms with E-state index in [9.17, 15) is 4.79 Å². The van der Waals surface area contributed by atoms with Crippen molar-refractivity contribution in [2.24, 2.45) is 0 Å². The first-order valence-corrected chi connectivity index (χ1v) is 36.9. The minimum atomic E-state index is -0.347. The molecular formula is C83H122O9. The summed E-state index contributed by atoms with van der Waals surface area (Å²) in [6, 6.07) is 36.9. The predicted octanol–water partition coefficient (Wildman–Crippen LogP) is 22.5. The molecular weight excluding hydrogens is 1140 g/mol. The van der Waals surface area contributed by atoms with Gasteiger partial charge >= 0.3 is 5.97 Å². The highest BCUT2D eigenvalue weighted by Crippen LogP contribution is 2.40. The molecule has 508 valence electrons. The molecule has 0 bridgehead atoms. The number of esters is 1. The number of carbonyl (C=O) groups is 1. The van der Waals surface area contributed by atoms with Crippen molar-refractivity contribution in [1.82, 2.24) is 0 Å². The highest BCUT2D eigenvalue weighted by atomic mass is 16.6. The molecule has 9 heteroatoms. The Morgan fingerprint density at radius 2 is 0.674 bits per heavy atom. The van der Waals surface area contributed by atoms with Crippen LogP contribution in [-0.4, -0.2) is 58.3 Å². The van der Waals surface area contributed by atoms with Crippen molar-refractivity contribution in [3.8, 4) is 52.6 Å². The number of benzene rings is 5. The molecule has 0 N–H and O–H groups in total. The Morgan fingerprint density at radius 1 is 0.359 bits per heavy atom. The van der Waals surface area contributed by atoms with Crippen molar-refractivity contribution in [1.29, 1.82) is 0 Å². The van der Waals surface area contributed by atoms with E-state index in [2.05, 4.69) is 99.5 Å². The highest BCUT2D eigenvalue weighted by molar-refractivity contribution is 5.70. The van der Waals surface area contributed by atoms with Gasteiger partial charge in [0.15, 0.2) is 11.5 Å². The van der Waals surface area contributed by atoms with E-state index in [1.807, 2.05) is 43.3 Å². The molecule has 0 aliphatic rings. The first-order chi connectivity index (χ1) is 45.3. The highest BCUT2D eigenvalue weighted by Gasteiger charge is 2.19. The zero-order valence-electron chi connectivity index (χ0n) is 58.0. The third-order valence-electron chi connectivity index (χ3n) is 17.2. The van der Waals surface area contributed by atoms with Gasteiger partial charge in [-0.3, -0.25) is 4.79 Å². The van der Waals surface area contributed by atoms with E-state index in [1.54, 1.807) is 0 Å². The number of unbranched alkanes of at least 4 members (excludes halogenated alkanes) is 27. The fourth-order valence-corrected chi connectivity index (χ4v) is 11.5. The van der Waals surface area contributed by atoms with Crippen LogP contribution in [0.1, 0.15) is 274 Å². The molecule has 92 heavy (non-hydrogen) atoms. The van der Waals surface area contributed by atoms with E-state index < -0.39 is 0 Å². The maximum absolute atomic E-state index is 13.3. The molecule has 0 radical (unpaired) electrons. The number of terminal acetylenes is 1. The molecule has 5 rings (SSSR count). The van der Waals surface area contributed by atoms with Gasteiger partial charge in [0.2, 0.25) is 5.75 Å². The van der Waals surface area contributed by atoms with Gasteiger partial charge in [-0.05, 0) is 166 Å². The number of aryl methyl sites for hydroxylation is 4. The third-order valence-corrected chi connectivity index (χ3v) is 17.2. The van der Waals surface area contributed by atoms with E-state index in [4.69, 9.17) is 44.3 Å². The number of carbonyl (C=O) groups excluding carboxylic acids is 1. The molecule has 0 fully saturated rings. The molecule has 0 unspecified atom stereocenters. The maximum atomic E-state index is 13.3. The van der Waals surface area contributed by atoms with Crippen molar-refractivity contribution in [3.63, 3.8) is 0 Å². The summed E-state index contributed by atoms with van der Waals surface area (Å²) < 4.78 is 50.3. The van der Waals surface area contributed by atoms with Gasteiger partial charge in [0.25, 0.3) is 0 Å². The Bertz CT molecular complexity index is 2520. The quantitative estimate of drug-likeness (QED) is 0.0214. The molecule has 0 heterocycles. The van der Waals surface area contributed by atoms with Crippen LogP contribution in [0, 0.1) is 12.3 Å². The normalized spacial score (nSPS) is 11.5. The Balaban J connectivity index is 1.19. The lowest BCUT2D eigenvalue weighted by Crippen LogP contribution is -2.21. The second-order valence-electron chi connectivity index (χ2n) is 25.6. The minimum Gasteiger partial charge on any atom is -0.494 e. The van der Waals surface area contributed by atoms with Crippen LogP contribution in [0.15, 0.2) is 109 Å². The van der Waals surface area contributed by atoms with E-state index in [1.165, 1.54) is 190 Å². The van der Waals surface area contributed by atoms with Crippen LogP contribution in [0.5, 0.6) is 40.2 Å². The van der Waals surface area contributed by atoms with E-state index in [0.29, 0.717) is 49.2 Å². The zero-order valence-corrected chi connectivity index (χ0v) is 58.0. The number of hydrogen-bond donors (Lipinski definition) is 0. The van der Waals surface area contributed by atoms with Crippen molar-refractivity contribution in [2.75, 3.05) is 46.2 Å². The summed E-state index contributed by atoms with van der Waals surface area (Å²) >= 11 is 0.